The molecule has 1 heterocycles. The number of amides is 1. The monoisotopic (exact) mass is 276 g/mol. The first-order valence-electron chi connectivity index (χ1n) is 6.82. The summed E-state index contributed by atoms with van der Waals surface area (Å²) in [5.74, 6) is -0.870. The van der Waals surface area contributed by atoms with Crippen molar-refractivity contribution in [3.8, 4) is 0 Å². The highest BCUT2D eigenvalue weighted by molar-refractivity contribution is 5.95. The second-order valence-electron chi connectivity index (χ2n) is 5.54. The van der Waals surface area contributed by atoms with E-state index in [2.05, 4.69) is 10.6 Å². The zero-order valence-corrected chi connectivity index (χ0v) is 11.6. The molecule has 0 aliphatic carbocycles. The predicted octanol–water partition coefficient (Wildman–Crippen LogP) is 1.64. The molecule has 1 fully saturated rings. The minimum absolute atomic E-state index is 0.00600. The minimum Gasteiger partial charge on any atom is -0.481 e. The average molecular weight is 276 g/mol. The Labute approximate surface area is 118 Å². The fraction of sp³-hybridized carbons (Fsp3) is 0.467. The number of hydrogen-bond acceptors (Lipinski definition) is 3. The van der Waals surface area contributed by atoms with Gasteiger partial charge in [-0.15, -0.1) is 0 Å². The highest BCUT2D eigenvalue weighted by atomic mass is 16.4. The fourth-order valence-electron chi connectivity index (χ4n) is 2.42. The highest BCUT2D eigenvalue weighted by Gasteiger charge is 2.34. The molecule has 5 nitrogen and oxygen atoms in total. The van der Waals surface area contributed by atoms with E-state index in [4.69, 9.17) is 5.11 Å². The van der Waals surface area contributed by atoms with Gasteiger partial charge in [-0.1, -0.05) is 19.1 Å². The zero-order valence-electron chi connectivity index (χ0n) is 11.6. The molecular formula is C15H20N2O3. The molecule has 2 rings (SSSR count). The molecule has 108 valence electrons. The molecule has 5 heteroatoms. The van der Waals surface area contributed by atoms with Crippen molar-refractivity contribution < 1.29 is 14.7 Å². The Balaban J connectivity index is 2.05. The summed E-state index contributed by atoms with van der Waals surface area (Å²) < 4.78 is 0. The highest BCUT2D eigenvalue weighted by Crippen LogP contribution is 2.29. The van der Waals surface area contributed by atoms with Crippen molar-refractivity contribution >= 4 is 17.6 Å². The first kappa shape index (κ1) is 14.5. The molecular weight excluding hydrogens is 256 g/mol. The van der Waals surface area contributed by atoms with E-state index in [0.717, 1.165) is 25.9 Å². The molecule has 0 spiro atoms. The number of rotatable bonds is 4. The third kappa shape index (κ3) is 3.57. The third-order valence-electron chi connectivity index (χ3n) is 3.80. The SMILES string of the molecule is CC1(C(=O)Nc2cccc(CC(=O)O)c2)CCNCC1. The van der Waals surface area contributed by atoms with Crippen LogP contribution in [0.4, 0.5) is 5.69 Å². The molecule has 20 heavy (non-hydrogen) atoms. The van der Waals surface area contributed by atoms with Crippen LogP contribution in [0.1, 0.15) is 25.3 Å². The summed E-state index contributed by atoms with van der Waals surface area (Å²) in [6.45, 7) is 3.68. The Morgan fingerprint density at radius 1 is 1.35 bits per heavy atom. The topological polar surface area (TPSA) is 78.4 Å². The Morgan fingerprint density at radius 2 is 2.05 bits per heavy atom. The van der Waals surface area contributed by atoms with Gasteiger partial charge in [0, 0.05) is 11.1 Å². The van der Waals surface area contributed by atoms with Crippen LogP contribution in [-0.4, -0.2) is 30.1 Å². The van der Waals surface area contributed by atoms with E-state index in [1.807, 2.05) is 6.92 Å². The summed E-state index contributed by atoms with van der Waals surface area (Å²) in [6, 6.07) is 7.01. The lowest BCUT2D eigenvalue weighted by Gasteiger charge is -2.32. The van der Waals surface area contributed by atoms with E-state index in [0.29, 0.717) is 11.3 Å². The smallest absolute Gasteiger partial charge is 0.307 e. The number of piperidine rings is 1. The lowest BCUT2D eigenvalue weighted by atomic mass is 9.80. The van der Waals surface area contributed by atoms with Crippen LogP contribution in [0.3, 0.4) is 0 Å². The van der Waals surface area contributed by atoms with Crippen molar-refractivity contribution in [1.82, 2.24) is 5.32 Å². The lowest BCUT2D eigenvalue weighted by molar-refractivity contribution is -0.136. The maximum atomic E-state index is 12.4. The van der Waals surface area contributed by atoms with Crippen molar-refractivity contribution in [2.75, 3.05) is 18.4 Å². The first-order chi connectivity index (χ1) is 9.49. The van der Waals surface area contributed by atoms with Crippen LogP contribution in [-0.2, 0) is 16.0 Å². The van der Waals surface area contributed by atoms with E-state index in [-0.39, 0.29) is 17.7 Å². The molecule has 0 saturated carbocycles. The number of nitrogens with one attached hydrogen (secondary N) is 2. The number of aliphatic carboxylic acids is 1. The van der Waals surface area contributed by atoms with Gasteiger partial charge in [0.15, 0.2) is 0 Å². The summed E-state index contributed by atoms with van der Waals surface area (Å²) in [7, 11) is 0. The van der Waals surface area contributed by atoms with Gasteiger partial charge < -0.3 is 15.7 Å². The van der Waals surface area contributed by atoms with Gasteiger partial charge in [0.25, 0.3) is 0 Å². The van der Waals surface area contributed by atoms with Crippen molar-refractivity contribution in [2.45, 2.75) is 26.2 Å². The van der Waals surface area contributed by atoms with E-state index in [9.17, 15) is 9.59 Å². The summed E-state index contributed by atoms with van der Waals surface area (Å²) in [5.41, 5.74) is 0.993. The van der Waals surface area contributed by atoms with Crippen LogP contribution in [0.5, 0.6) is 0 Å². The molecule has 1 aliphatic rings. The molecule has 1 amide bonds. The molecule has 0 atom stereocenters. The number of anilines is 1. The predicted molar refractivity (Wildman–Crippen MR) is 76.6 cm³/mol. The number of carbonyl (C=O) groups excluding carboxylic acids is 1. The quantitative estimate of drug-likeness (QED) is 0.781. The van der Waals surface area contributed by atoms with Gasteiger partial charge in [-0.3, -0.25) is 9.59 Å². The largest absolute Gasteiger partial charge is 0.481 e. The van der Waals surface area contributed by atoms with Gasteiger partial charge in [0.1, 0.15) is 0 Å². The van der Waals surface area contributed by atoms with Crippen molar-refractivity contribution in [2.24, 2.45) is 5.41 Å². The first-order valence-corrected chi connectivity index (χ1v) is 6.82. The van der Waals surface area contributed by atoms with Crippen LogP contribution in [0.15, 0.2) is 24.3 Å². The second kappa shape index (κ2) is 6.05. The maximum absolute atomic E-state index is 12.4. The van der Waals surface area contributed by atoms with Gasteiger partial charge in [-0.25, -0.2) is 0 Å². The molecule has 1 aromatic rings. The van der Waals surface area contributed by atoms with Gasteiger partial charge in [-0.05, 0) is 43.6 Å². The number of carbonyl (C=O) groups is 2. The summed E-state index contributed by atoms with van der Waals surface area (Å²) in [4.78, 5) is 23.1. The Bertz CT molecular complexity index is 508. The van der Waals surface area contributed by atoms with E-state index >= 15 is 0 Å². The van der Waals surface area contributed by atoms with E-state index in [1.54, 1.807) is 24.3 Å². The molecule has 3 N–H and O–H groups in total. The number of carboxylic acids is 1. The van der Waals surface area contributed by atoms with Crippen molar-refractivity contribution in [3.63, 3.8) is 0 Å². The van der Waals surface area contributed by atoms with E-state index in [1.165, 1.54) is 0 Å². The number of hydrogen-bond donors (Lipinski definition) is 3. The van der Waals surface area contributed by atoms with Crippen LogP contribution in [0.25, 0.3) is 0 Å². The summed E-state index contributed by atoms with van der Waals surface area (Å²) >= 11 is 0. The van der Waals surface area contributed by atoms with Gasteiger partial charge in [0.05, 0.1) is 6.42 Å². The number of carboxylic acid groups (broad SMARTS) is 1. The Hall–Kier alpha value is -1.88. The standard InChI is InChI=1S/C15H20N2O3/c1-15(5-7-16-8-6-15)14(20)17-12-4-2-3-11(9-12)10-13(18)19/h2-4,9,16H,5-8,10H2,1H3,(H,17,20)(H,18,19). The Morgan fingerprint density at radius 3 is 2.70 bits per heavy atom. The van der Waals surface area contributed by atoms with Crippen LogP contribution >= 0.6 is 0 Å². The van der Waals surface area contributed by atoms with Gasteiger partial charge in [-0.2, -0.15) is 0 Å². The van der Waals surface area contributed by atoms with Crippen molar-refractivity contribution in [1.29, 1.82) is 0 Å². The lowest BCUT2D eigenvalue weighted by Crippen LogP contribution is -2.42. The molecule has 1 aliphatic heterocycles. The number of benzene rings is 1. The summed E-state index contributed by atoms with van der Waals surface area (Å²) in [5, 5.41) is 14.9. The molecule has 1 saturated heterocycles. The van der Waals surface area contributed by atoms with Crippen LogP contribution < -0.4 is 10.6 Å². The Kier molecular flexibility index (Phi) is 4.39. The molecule has 1 aromatic carbocycles. The van der Waals surface area contributed by atoms with Gasteiger partial charge in [0.2, 0.25) is 5.91 Å². The van der Waals surface area contributed by atoms with Crippen LogP contribution in [0, 0.1) is 5.41 Å². The second-order valence-corrected chi connectivity index (χ2v) is 5.54. The normalized spacial score (nSPS) is 17.4. The van der Waals surface area contributed by atoms with E-state index < -0.39 is 5.97 Å². The van der Waals surface area contributed by atoms with Crippen LogP contribution in [0.2, 0.25) is 0 Å². The molecule has 0 radical (unpaired) electrons. The molecule has 0 unspecified atom stereocenters. The molecule has 0 aromatic heterocycles. The third-order valence-corrected chi connectivity index (χ3v) is 3.80. The maximum Gasteiger partial charge on any atom is 0.307 e. The van der Waals surface area contributed by atoms with Gasteiger partial charge >= 0.3 is 5.97 Å². The molecule has 0 bridgehead atoms. The van der Waals surface area contributed by atoms with Crippen molar-refractivity contribution in [3.05, 3.63) is 29.8 Å². The minimum atomic E-state index is -0.876. The fourth-order valence-corrected chi connectivity index (χ4v) is 2.42. The zero-order chi connectivity index (χ0) is 14.6. The average Bonchev–Trinajstić information content (AvgIpc) is 2.39. The summed E-state index contributed by atoms with van der Waals surface area (Å²) in [6.07, 6.45) is 1.59.